The van der Waals surface area contributed by atoms with Gasteiger partial charge in [-0.2, -0.15) is 0 Å². The van der Waals surface area contributed by atoms with Crippen LogP contribution in [-0.4, -0.2) is 58.1 Å². The molecule has 0 bridgehead atoms. The second kappa shape index (κ2) is 12.9. The molecule has 0 atom stereocenters. The molecule has 2 fully saturated rings. The second-order valence-electron chi connectivity index (χ2n) is 11.6. The predicted octanol–water partition coefficient (Wildman–Crippen LogP) is 6.73. The zero-order chi connectivity index (χ0) is 30.9. The van der Waals surface area contributed by atoms with Crippen molar-refractivity contribution in [2.24, 2.45) is 13.0 Å². The summed E-state index contributed by atoms with van der Waals surface area (Å²) in [5, 5.41) is 6.67. The molecule has 1 saturated heterocycles. The van der Waals surface area contributed by atoms with Gasteiger partial charge >= 0.3 is 6.03 Å². The van der Waals surface area contributed by atoms with Crippen LogP contribution in [0, 0.1) is 5.92 Å². The molecule has 2 aromatic carbocycles. The van der Waals surface area contributed by atoms with Crippen LogP contribution in [0.2, 0.25) is 10.0 Å². The molecule has 8 nitrogen and oxygen atoms in total. The Morgan fingerprint density at radius 2 is 1.91 bits per heavy atom. The molecular weight excluding hydrogens is 599 g/mol. The van der Waals surface area contributed by atoms with Crippen molar-refractivity contribution in [3.05, 3.63) is 56.8 Å². The van der Waals surface area contributed by atoms with E-state index in [4.69, 9.17) is 32.9 Å². The molecule has 5 rings (SSSR count). The minimum Gasteiger partial charge on any atom is -0.493 e. The van der Waals surface area contributed by atoms with Crippen LogP contribution in [0.4, 0.5) is 13.6 Å². The number of alkyl halides is 2. The van der Waals surface area contributed by atoms with Crippen molar-refractivity contribution in [3.8, 4) is 5.75 Å². The number of nitrogens with one attached hydrogen (secondary N) is 2. The summed E-state index contributed by atoms with van der Waals surface area (Å²) in [7, 11) is 1.88. The summed E-state index contributed by atoms with van der Waals surface area (Å²) >= 11 is 13.3. The standard InChI is InChI=1S/C31H37Cl2F2N5O3/c1-4-43-26-15-25-24(13-22(26)29(41)37-20-8-5-18(2)6-9-20)38-27(39(25)3)14-21-23(32)10-7-19(28(21)33)16-36-30(42)40-12-11-31(34,35)17-40/h7,10,13,15,18,20H,4-6,8-9,11-12,14,16-17H2,1-3H3,(H,36,42)(H,37,41). The molecule has 0 radical (unpaired) electrons. The number of amides is 3. The van der Waals surface area contributed by atoms with Gasteiger partial charge in [0, 0.05) is 50.1 Å². The summed E-state index contributed by atoms with van der Waals surface area (Å²) in [6.45, 7) is 3.99. The number of aromatic nitrogens is 2. The van der Waals surface area contributed by atoms with E-state index in [0.717, 1.165) is 36.1 Å². The molecule has 1 saturated carbocycles. The van der Waals surface area contributed by atoms with Crippen LogP contribution in [0.3, 0.4) is 0 Å². The van der Waals surface area contributed by atoms with Gasteiger partial charge in [0.15, 0.2) is 0 Å². The lowest BCUT2D eigenvalue weighted by Gasteiger charge is -2.27. The number of halogens is 4. The number of nitrogens with zero attached hydrogens (tertiary/aromatic N) is 3. The summed E-state index contributed by atoms with van der Waals surface area (Å²) in [6.07, 6.45) is 4.07. The summed E-state index contributed by atoms with van der Waals surface area (Å²) in [5.74, 6) is -1.19. The van der Waals surface area contributed by atoms with E-state index in [1.165, 1.54) is 0 Å². The summed E-state index contributed by atoms with van der Waals surface area (Å²) in [5.41, 5.74) is 3.10. The first-order valence-corrected chi connectivity index (χ1v) is 15.5. The molecule has 2 aliphatic rings. The summed E-state index contributed by atoms with van der Waals surface area (Å²) < 4.78 is 34.9. The molecule has 1 aliphatic carbocycles. The van der Waals surface area contributed by atoms with Crippen LogP contribution in [0.5, 0.6) is 5.75 Å². The first kappa shape index (κ1) is 31.3. The molecule has 3 aromatic rings. The van der Waals surface area contributed by atoms with Crippen LogP contribution in [0.1, 0.15) is 73.3 Å². The molecule has 12 heteroatoms. The third-order valence-corrected chi connectivity index (χ3v) is 9.28. The zero-order valence-electron chi connectivity index (χ0n) is 24.6. The summed E-state index contributed by atoms with van der Waals surface area (Å²) in [4.78, 5) is 31.7. The highest BCUT2D eigenvalue weighted by atomic mass is 35.5. The number of urea groups is 1. The van der Waals surface area contributed by atoms with Crippen molar-refractivity contribution in [3.63, 3.8) is 0 Å². The molecule has 2 heterocycles. The maximum Gasteiger partial charge on any atom is 0.317 e. The van der Waals surface area contributed by atoms with Gasteiger partial charge in [-0.15, -0.1) is 0 Å². The Labute approximate surface area is 260 Å². The molecule has 232 valence electrons. The van der Waals surface area contributed by atoms with Crippen LogP contribution in [0.25, 0.3) is 11.0 Å². The molecular formula is C31H37Cl2F2N5O3. The summed E-state index contributed by atoms with van der Waals surface area (Å²) in [6, 6.07) is 6.58. The largest absolute Gasteiger partial charge is 0.493 e. The van der Waals surface area contributed by atoms with E-state index in [9.17, 15) is 18.4 Å². The fraction of sp³-hybridized carbons (Fsp3) is 0.516. The minimum atomic E-state index is -2.86. The van der Waals surface area contributed by atoms with Crippen LogP contribution < -0.4 is 15.4 Å². The van der Waals surface area contributed by atoms with E-state index in [1.54, 1.807) is 18.2 Å². The second-order valence-corrected chi connectivity index (χ2v) is 12.4. The van der Waals surface area contributed by atoms with Gasteiger partial charge in [-0.25, -0.2) is 18.6 Å². The van der Waals surface area contributed by atoms with E-state index < -0.39 is 18.5 Å². The number of ether oxygens (including phenoxy) is 1. The van der Waals surface area contributed by atoms with Gasteiger partial charge in [-0.3, -0.25) is 4.79 Å². The highest BCUT2D eigenvalue weighted by molar-refractivity contribution is 6.36. The Morgan fingerprint density at radius 1 is 1.16 bits per heavy atom. The Bertz CT molecular complexity index is 1520. The number of hydrogen-bond donors (Lipinski definition) is 2. The van der Waals surface area contributed by atoms with Crippen LogP contribution >= 0.6 is 23.2 Å². The van der Waals surface area contributed by atoms with Crippen LogP contribution in [-0.2, 0) is 20.0 Å². The smallest absolute Gasteiger partial charge is 0.317 e. The fourth-order valence-corrected chi connectivity index (χ4v) is 6.41. The number of likely N-dealkylation sites (tertiary alicyclic amines) is 1. The van der Waals surface area contributed by atoms with Crippen molar-refractivity contribution in [1.29, 1.82) is 0 Å². The first-order valence-electron chi connectivity index (χ1n) is 14.7. The van der Waals surface area contributed by atoms with E-state index in [-0.39, 0.29) is 37.9 Å². The lowest BCUT2D eigenvalue weighted by atomic mass is 9.87. The lowest BCUT2D eigenvalue weighted by molar-refractivity contribution is 0.0153. The number of imidazole rings is 1. The van der Waals surface area contributed by atoms with Crippen LogP contribution in [0.15, 0.2) is 24.3 Å². The number of carbonyl (C=O) groups is 2. The van der Waals surface area contributed by atoms with E-state index >= 15 is 0 Å². The van der Waals surface area contributed by atoms with Gasteiger partial charge in [0.25, 0.3) is 11.8 Å². The van der Waals surface area contributed by atoms with Crippen molar-refractivity contribution in [1.82, 2.24) is 25.1 Å². The first-order chi connectivity index (χ1) is 20.5. The number of aryl methyl sites for hydroxylation is 1. The third-order valence-electron chi connectivity index (χ3n) is 8.46. The van der Waals surface area contributed by atoms with Crippen molar-refractivity contribution >= 4 is 46.2 Å². The molecule has 43 heavy (non-hydrogen) atoms. The number of fused-ring (bicyclic) bond motifs is 1. The van der Waals surface area contributed by atoms with E-state index in [0.29, 0.717) is 56.4 Å². The SMILES string of the molecule is CCOc1cc2c(cc1C(=O)NC1CCC(C)CC1)nc(Cc1c(Cl)ccc(CNC(=O)N3CCC(F)(F)C3)c1Cl)n2C. The monoisotopic (exact) mass is 635 g/mol. The number of carbonyl (C=O) groups excluding carboxylic acids is 2. The average Bonchev–Trinajstić information content (AvgIpc) is 3.49. The molecule has 0 unspecified atom stereocenters. The van der Waals surface area contributed by atoms with Crippen molar-refractivity contribution < 1.29 is 23.1 Å². The van der Waals surface area contributed by atoms with Gasteiger partial charge in [0.2, 0.25) is 0 Å². The highest BCUT2D eigenvalue weighted by Gasteiger charge is 2.40. The fourth-order valence-electron chi connectivity index (χ4n) is 5.84. The van der Waals surface area contributed by atoms with Gasteiger partial charge < -0.3 is 24.8 Å². The Balaban J connectivity index is 1.36. The topological polar surface area (TPSA) is 88.5 Å². The van der Waals surface area contributed by atoms with Gasteiger partial charge in [-0.1, -0.05) is 36.2 Å². The van der Waals surface area contributed by atoms with E-state index in [2.05, 4.69) is 17.6 Å². The maximum absolute atomic E-state index is 13.5. The normalized spacial score (nSPS) is 19.9. The predicted molar refractivity (Wildman–Crippen MR) is 163 cm³/mol. The molecule has 3 amide bonds. The molecule has 2 N–H and O–H groups in total. The van der Waals surface area contributed by atoms with E-state index in [1.807, 2.05) is 24.6 Å². The Morgan fingerprint density at radius 3 is 2.58 bits per heavy atom. The number of hydrogen-bond acceptors (Lipinski definition) is 4. The van der Waals surface area contributed by atoms with Crippen molar-refractivity contribution in [2.75, 3.05) is 19.7 Å². The number of rotatable bonds is 8. The quantitative estimate of drug-likeness (QED) is 0.287. The molecule has 1 aliphatic heterocycles. The third kappa shape index (κ3) is 7.01. The van der Waals surface area contributed by atoms with Gasteiger partial charge in [0.05, 0.1) is 34.8 Å². The average molecular weight is 637 g/mol. The Kier molecular flexibility index (Phi) is 9.37. The molecule has 0 spiro atoms. The number of benzene rings is 2. The zero-order valence-corrected chi connectivity index (χ0v) is 26.1. The van der Waals surface area contributed by atoms with Gasteiger partial charge in [-0.05, 0) is 61.8 Å². The molecule has 1 aromatic heterocycles. The minimum absolute atomic E-state index is 0.000601. The lowest BCUT2D eigenvalue weighted by Crippen LogP contribution is -2.39. The van der Waals surface area contributed by atoms with Gasteiger partial charge in [0.1, 0.15) is 11.6 Å². The maximum atomic E-state index is 13.5. The Hall–Kier alpha value is -3.11. The van der Waals surface area contributed by atoms with Crippen molar-refractivity contribution in [2.45, 2.75) is 70.9 Å². The highest BCUT2D eigenvalue weighted by Crippen LogP contribution is 2.33.